The molecule has 1 atom stereocenters. The normalized spacial score (nSPS) is 16.2. The lowest BCUT2D eigenvalue weighted by atomic mass is 9.94. The van der Waals surface area contributed by atoms with Crippen molar-refractivity contribution in [1.29, 1.82) is 0 Å². The molecule has 1 aliphatic rings. The quantitative estimate of drug-likeness (QED) is 0.392. The summed E-state index contributed by atoms with van der Waals surface area (Å²) >= 11 is 6.07. The van der Waals surface area contributed by atoms with Gasteiger partial charge < -0.3 is 9.84 Å². The second-order valence-electron chi connectivity index (χ2n) is 7.54. The molecule has 164 valence electrons. The van der Waals surface area contributed by atoms with Crippen LogP contribution in [0.4, 0.5) is 14.9 Å². The Morgan fingerprint density at radius 3 is 2.52 bits per heavy atom. The summed E-state index contributed by atoms with van der Waals surface area (Å²) in [5, 5.41) is 7.68. The molecule has 0 bridgehead atoms. The van der Waals surface area contributed by atoms with E-state index in [0.29, 0.717) is 27.5 Å². The maximum Gasteiger partial charge on any atom is 0.326 e. The molecule has 0 fully saturated rings. The molecule has 6 nitrogen and oxygen atoms in total. The first-order valence-electron chi connectivity index (χ1n) is 10.2. The molecular formula is C25H18ClFN4O2. The molecule has 0 spiro atoms. The van der Waals surface area contributed by atoms with Gasteiger partial charge in [-0.1, -0.05) is 59.2 Å². The van der Waals surface area contributed by atoms with Crippen LogP contribution >= 0.6 is 11.6 Å². The highest BCUT2D eigenvalue weighted by molar-refractivity contribution is 6.30. The number of amides is 2. The van der Waals surface area contributed by atoms with Crippen LogP contribution in [0.2, 0.25) is 5.02 Å². The van der Waals surface area contributed by atoms with Crippen LogP contribution < -0.4 is 10.2 Å². The van der Waals surface area contributed by atoms with Crippen LogP contribution in [0.3, 0.4) is 0 Å². The van der Waals surface area contributed by atoms with Crippen molar-refractivity contribution >= 4 is 28.9 Å². The van der Waals surface area contributed by atoms with E-state index in [2.05, 4.69) is 15.5 Å². The number of nitrogens with one attached hydrogen (secondary N) is 1. The van der Waals surface area contributed by atoms with E-state index in [-0.39, 0.29) is 17.7 Å². The van der Waals surface area contributed by atoms with Crippen molar-refractivity contribution in [3.63, 3.8) is 0 Å². The average Bonchev–Trinajstić information content (AvgIpc) is 3.30. The zero-order valence-corrected chi connectivity index (χ0v) is 18.3. The number of benzene rings is 3. The van der Waals surface area contributed by atoms with E-state index in [1.165, 1.54) is 12.1 Å². The number of hydrogen-bond acceptors (Lipinski definition) is 4. The maximum atomic E-state index is 13.7. The van der Waals surface area contributed by atoms with Crippen molar-refractivity contribution in [3.8, 4) is 11.4 Å². The molecule has 0 saturated carbocycles. The number of aromatic nitrogens is 2. The topological polar surface area (TPSA) is 71.3 Å². The molecule has 0 saturated heterocycles. The predicted octanol–water partition coefficient (Wildman–Crippen LogP) is 6.23. The average molecular weight is 461 g/mol. The van der Waals surface area contributed by atoms with Crippen LogP contribution in [0, 0.1) is 5.82 Å². The Bertz CT molecular complexity index is 1350. The first kappa shape index (κ1) is 20.9. The summed E-state index contributed by atoms with van der Waals surface area (Å²) in [6.07, 6.45) is 0. The van der Waals surface area contributed by atoms with Crippen molar-refractivity contribution in [1.82, 2.24) is 15.5 Å². The summed E-state index contributed by atoms with van der Waals surface area (Å²) in [6.45, 7) is 1.83. The zero-order chi connectivity index (χ0) is 22.9. The Hall–Kier alpha value is -3.97. The number of allylic oxidation sites excluding steroid dienone is 1. The van der Waals surface area contributed by atoms with Gasteiger partial charge in [0.05, 0.1) is 17.3 Å². The van der Waals surface area contributed by atoms with Crippen LogP contribution in [0.15, 0.2) is 89.1 Å². The number of halogens is 2. The van der Waals surface area contributed by atoms with Gasteiger partial charge in [-0.3, -0.25) is 4.90 Å². The molecule has 1 unspecified atom stereocenters. The predicted molar refractivity (Wildman–Crippen MR) is 124 cm³/mol. The van der Waals surface area contributed by atoms with Crippen molar-refractivity contribution in [2.24, 2.45) is 0 Å². The van der Waals surface area contributed by atoms with Crippen molar-refractivity contribution in [3.05, 3.63) is 107 Å². The van der Waals surface area contributed by atoms with Gasteiger partial charge in [-0.05, 0) is 48.9 Å². The van der Waals surface area contributed by atoms with Gasteiger partial charge in [0.15, 0.2) is 0 Å². The largest absolute Gasteiger partial charge is 0.334 e. The molecule has 0 radical (unpaired) electrons. The van der Waals surface area contributed by atoms with E-state index < -0.39 is 11.9 Å². The summed E-state index contributed by atoms with van der Waals surface area (Å²) in [4.78, 5) is 19.2. The smallest absolute Gasteiger partial charge is 0.326 e. The van der Waals surface area contributed by atoms with Gasteiger partial charge in [-0.25, -0.2) is 9.18 Å². The summed E-state index contributed by atoms with van der Waals surface area (Å²) < 4.78 is 19.3. The monoisotopic (exact) mass is 460 g/mol. The van der Waals surface area contributed by atoms with Crippen LogP contribution in [0.1, 0.15) is 24.4 Å². The molecular weight excluding hydrogens is 443 g/mol. The van der Waals surface area contributed by atoms with Gasteiger partial charge in [-0.2, -0.15) is 4.98 Å². The number of nitrogens with zero attached hydrogens (tertiary/aromatic N) is 3. The van der Waals surface area contributed by atoms with Crippen molar-refractivity contribution < 1.29 is 13.7 Å². The third-order valence-corrected chi connectivity index (χ3v) is 5.69. The Morgan fingerprint density at radius 1 is 1.03 bits per heavy atom. The number of carbonyl (C=O) groups is 1. The molecule has 0 aliphatic carbocycles. The Balaban J connectivity index is 1.65. The fraction of sp³-hybridized carbons (Fsp3) is 0.0800. The molecule has 2 amide bonds. The number of hydrogen-bond donors (Lipinski definition) is 1. The van der Waals surface area contributed by atoms with E-state index in [0.717, 1.165) is 5.56 Å². The number of para-hydroxylation sites is 1. The van der Waals surface area contributed by atoms with E-state index in [4.69, 9.17) is 16.1 Å². The lowest BCUT2D eigenvalue weighted by molar-refractivity contribution is 0.244. The van der Waals surface area contributed by atoms with Gasteiger partial charge in [-0.15, -0.1) is 0 Å². The van der Waals surface area contributed by atoms with E-state index in [1.807, 2.05) is 49.4 Å². The van der Waals surface area contributed by atoms with Crippen LogP contribution in [-0.2, 0) is 0 Å². The zero-order valence-electron chi connectivity index (χ0n) is 17.5. The fourth-order valence-corrected chi connectivity index (χ4v) is 4.02. The Labute approximate surface area is 194 Å². The second kappa shape index (κ2) is 8.52. The maximum absolute atomic E-state index is 13.7. The summed E-state index contributed by atoms with van der Waals surface area (Å²) in [7, 11) is 0. The summed E-state index contributed by atoms with van der Waals surface area (Å²) in [5.41, 5.74) is 3.27. The summed E-state index contributed by atoms with van der Waals surface area (Å²) in [6, 6.07) is 21.6. The minimum absolute atomic E-state index is 0.229. The molecule has 8 heteroatoms. The lowest BCUT2D eigenvalue weighted by Crippen LogP contribution is -2.46. The first-order chi connectivity index (χ1) is 16.0. The van der Waals surface area contributed by atoms with Crippen LogP contribution in [-0.4, -0.2) is 16.2 Å². The standard InChI is InChI=1S/C25H18ClFN4O2/c1-15-21(24-29-23(30-33-24)17-6-5-7-19(27)14-17)22(16-10-12-18(26)13-11-16)28-25(32)31(15)20-8-3-2-4-9-20/h2-14,22H,1H3,(H,28,32). The van der Waals surface area contributed by atoms with E-state index in [9.17, 15) is 9.18 Å². The van der Waals surface area contributed by atoms with Gasteiger partial charge in [0, 0.05) is 16.3 Å². The van der Waals surface area contributed by atoms with Gasteiger partial charge in [0.2, 0.25) is 5.82 Å². The third-order valence-electron chi connectivity index (χ3n) is 5.44. The molecule has 1 aromatic heterocycles. The number of anilines is 1. The Morgan fingerprint density at radius 2 is 1.79 bits per heavy atom. The number of rotatable bonds is 4. The highest BCUT2D eigenvalue weighted by Gasteiger charge is 2.36. The van der Waals surface area contributed by atoms with Gasteiger partial charge in [0.25, 0.3) is 5.89 Å². The Kier molecular flexibility index (Phi) is 5.40. The molecule has 1 N–H and O–H groups in total. The van der Waals surface area contributed by atoms with E-state index in [1.54, 1.807) is 29.2 Å². The SMILES string of the molecule is CC1=C(c2nc(-c3cccc(F)c3)no2)C(c2ccc(Cl)cc2)NC(=O)N1c1ccccc1. The number of urea groups is 1. The molecule has 5 rings (SSSR count). The molecule has 33 heavy (non-hydrogen) atoms. The third kappa shape index (κ3) is 3.99. The molecule has 4 aromatic rings. The minimum Gasteiger partial charge on any atom is -0.334 e. The number of carbonyl (C=O) groups excluding carboxylic acids is 1. The fourth-order valence-electron chi connectivity index (χ4n) is 3.89. The van der Waals surface area contributed by atoms with E-state index >= 15 is 0 Å². The van der Waals surface area contributed by atoms with Crippen molar-refractivity contribution in [2.45, 2.75) is 13.0 Å². The minimum atomic E-state index is -0.546. The molecule has 2 heterocycles. The van der Waals surface area contributed by atoms with Gasteiger partial charge >= 0.3 is 6.03 Å². The molecule has 1 aliphatic heterocycles. The highest BCUT2D eigenvalue weighted by atomic mass is 35.5. The first-order valence-corrected chi connectivity index (χ1v) is 10.6. The van der Waals surface area contributed by atoms with Crippen molar-refractivity contribution in [2.75, 3.05) is 4.90 Å². The molecule has 3 aromatic carbocycles. The lowest BCUT2D eigenvalue weighted by Gasteiger charge is -2.35. The van der Waals surface area contributed by atoms with Crippen LogP contribution in [0.25, 0.3) is 17.0 Å². The second-order valence-corrected chi connectivity index (χ2v) is 7.97. The van der Waals surface area contributed by atoms with Crippen LogP contribution in [0.5, 0.6) is 0 Å². The summed E-state index contributed by atoms with van der Waals surface area (Å²) in [5.74, 6) is 0.0870. The van der Waals surface area contributed by atoms with Gasteiger partial charge in [0.1, 0.15) is 5.82 Å². The highest BCUT2D eigenvalue weighted by Crippen LogP contribution is 2.39.